The van der Waals surface area contributed by atoms with Gasteiger partial charge in [-0.2, -0.15) is 0 Å². The molecular weight excluding hydrogens is 595 g/mol. The number of hydrogen-bond acceptors (Lipinski definition) is 5. The van der Waals surface area contributed by atoms with Crippen molar-refractivity contribution in [1.29, 1.82) is 0 Å². The van der Waals surface area contributed by atoms with Crippen LogP contribution in [0, 0.1) is 30.6 Å². The van der Waals surface area contributed by atoms with Crippen molar-refractivity contribution in [3.05, 3.63) is 57.0 Å². The summed E-state index contributed by atoms with van der Waals surface area (Å²) in [6.45, 7) is 1.27. The van der Waals surface area contributed by atoms with Crippen LogP contribution in [0.4, 0.5) is 11.4 Å². The van der Waals surface area contributed by atoms with Gasteiger partial charge in [0.05, 0.1) is 38.9 Å². The Bertz CT molecular complexity index is 1270. The molecule has 2 aliphatic carbocycles. The van der Waals surface area contributed by atoms with Gasteiger partial charge in [-0.15, -0.1) is 23.2 Å². The standard InChI is InChI=1S/C25H20BrCl3N2O5/c1-10-5-15(26)16(27)8-17(10)30-18(32)9-36-25(35)11-3-2-4-12(6-11)31-23(33)19-13-7-14(20(19)24(31)34)22(29)21(13)28/h2-6,8,13-14,19-22H,7,9H2,1H3,(H,30,32)/t13-,14-,19-,20-,21+,22+/m1/s1. The summed E-state index contributed by atoms with van der Waals surface area (Å²) in [6.07, 6.45) is 0.670. The molecule has 6 atom stereocenters. The largest absolute Gasteiger partial charge is 0.452 e. The van der Waals surface area contributed by atoms with Crippen LogP contribution in [0.1, 0.15) is 22.3 Å². The molecular formula is C25H20BrCl3N2O5. The molecule has 0 radical (unpaired) electrons. The first-order valence-electron chi connectivity index (χ1n) is 11.3. The van der Waals surface area contributed by atoms with Gasteiger partial charge in [0.1, 0.15) is 0 Å². The summed E-state index contributed by atoms with van der Waals surface area (Å²) in [7, 11) is 0. The van der Waals surface area contributed by atoms with Gasteiger partial charge in [-0.05, 0) is 77.0 Å². The molecule has 0 spiro atoms. The van der Waals surface area contributed by atoms with Crippen molar-refractivity contribution >= 4 is 85.8 Å². The normalized spacial score (nSPS) is 28.4. The Morgan fingerprint density at radius 1 is 1.08 bits per heavy atom. The molecule has 188 valence electrons. The van der Waals surface area contributed by atoms with E-state index in [9.17, 15) is 19.2 Å². The van der Waals surface area contributed by atoms with Crippen molar-refractivity contribution in [2.45, 2.75) is 24.1 Å². The predicted molar refractivity (Wildman–Crippen MR) is 140 cm³/mol. The molecule has 0 aromatic heterocycles. The van der Waals surface area contributed by atoms with Gasteiger partial charge in [-0.25, -0.2) is 4.79 Å². The van der Waals surface area contributed by atoms with Gasteiger partial charge in [-0.3, -0.25) is 19.3 Å². The van der Waals surface area contributed by atoms with E-state index in [-0.39, 0.29) is 45.7 Å². The molecule has 3 fully saturated rings. The second-order valence-corrected chi connectivity index (χ2v) is 11.5. The fourth-order valence-corrected chi connectivity index (χ4v) is 7.07. The molecule has 11 heteroatoms. The predicted octanol–water partition coefficient (Wildman–Crippen LogP) is 5.18. The first-order valence-corrected chi connectivity index (χ1v) is 13.3. The van der Waals surface area contributed by atoms with Crippen molar-refractivity contribution < 1.29 is 23.9 Å². The minimum atomic E-state index is -0.765. The van der Waals surface area contributed by atoms with Crippen molar-refractivity contribution in [2.75, 3.05) is 16.8 Å². The molecule has 3 aliphatic rings. The van der Waals surface area contributed by atoms with Gasteiger partial charge in [-0.1, -0.05) is 17.7 Å². The highest BCUT2D eigenvalue weighted by atomic mass is 79.9. The van der Waals surface area contributed by atoms with Gasteiger partial charge in [0.25, 0.3) is 5.91 Å². The van der Waals surface area contributed by atoms with Gasteiger partial charge in [0.15, 0.2) is 6.61 Å². The molecule has 36 heavy (non-hydrogen) atoms. The lowest BCUT2D eigenvalue weighted by molar-refractivity contribution is -0.123. The van der Waals surface area contributed by atoms with Gasteiger partial charge in [0.2, 0.25) is 11.8 Å². The van der Waals surface area contributed by atoms with Crippen molar-refractivity contribution in [1.82, 2.24) is 0 Å². The molecule has 1 saturated heterocycles. The van der Waals surface area contributed by atoms with Crippen molar-refractivity contribution in [3.63, 3.8) is 0 Å². The Morgan fingerprint density at radius 3 is 2.36 bits per heavy atom. The number of ether oxygens (including phenoxy) is 1. The summed E-state index contributed by atoms with van der Waals surface area (Å²) in [5, 5.41) is 2.39. The van der Waals surface area contributed by atoms with Crippen LogP contribution in [0.3, 0.4) is 0 Å². The van der Waals surface area contributed by atoms with Gasteiger partial charge in [0, 0.05) is 10.2 Å². The van der Waals surface area contributed by atoms with E-state index < -0.39 is 30.3 Å². The molecule has 1 aliphatic heterocycles. The highest BCUT2D eigenvalue weighted by Crippen LogP contribution is 2.59. The number of fused-ring (bicyclic) bond motifs is 5. The van der Waals surface area contributed by atoms with E-state index in [1.165, 1.54) is 12.1 Å². The molecule has 7 nitrogen and oxygen atoms in total. The lowest BCUT2D eigenvalue weighted by atomic mass is 9.80. The Kier molecular flexibility index (Phi) is 6.83. The molecule has 0 unspecified atom stereocenters. The maximum absolute atomic E-state index is 13.2. The van der Waals surface area contributed by atoms with Crippen LogP contribution < -0.4 is 10.2 Å². The maximum atomic E-state index is 13.2. The third kappa shape index (κ3) is 4.22. The monoisotopic (exact) mass is 612 g/mol. The molecule has 1 N–H and O–H groups in total. The van der Waals surface area contributed by atoms with Crippen LogP contribution in [-0.2, 0) is 19.1 Å². The number of amides is 3. The number of imide groups is 1. The fourth-order valence-electron chi connectivity index (χ4n) is 5.56. The number of carbonyl (C=O) groups is 4. The van der Waals surface area contributed by atoms with E-state index in [4.69, 9.17) is 39.5 Å². The van der Waals surface area contributed by atoms with Crippen LogP contribution in [0.5, 0.6) is 0 Å². The third-order valence-electron chi connectivity index (χ3n) is 7.20. The summed E-state index contributed by atoms with van der Waals surface area (Å²) in [6, 6.07) is 9.39. The topological polar surface area (TPSA) is 92.8 Å². The Labute approximate surface area is 230 Å². The lowest BCUT2D eigenvalue weighted by Crippen LogP contribution is -2.37. The summed E-state index contributed by atoms with van der Waals surface area (Å²) < 4.78 is 5.85. The van der Waals surface area contributed by atoms with E-state index in [2.05, 4.69) is 21.2 Å². The molecule has 1 heterocycles. The minimum absolute atomic E-state index is 0.106. The smallest absolute Gasteiger partial charge is 0.338 e. The number of halogens is 4. The second kappa shape index (κ2) is 9.63. The molecule has 5 rings (SSSR count). The molecule has 2 bridgehead atoms. The van der Waals surface area contributed by atoms with Crippen LogP contribution >= 0.6 is 50.7 Å². The highest BCUT2D eigenvalue weighted by molar-refractivity contribution is 9.10. The van der Waals surface area contributed by atoms with E-state index in [0.29, 0.717) is 21.6 Å². The quantitative estimate of drug-likeness (QED) is 0.285. The number of nitrogens with zero attached hydrogens (tertiary/aromatic N) is 1. The average molecular weight is 615 g/mol. The number of alkyl halides is 2. The first kappa shape index (κ1) is 25.5. The number of aryl methyl sites for hydroxylation is 1. The number of anilines is 2. The van der Waals surface area contributed by atoms with Crippen LogP contribution in [0.25, 0.3) is 0 Å². The summed E-state index contributed by atoms with van der Waals surface area (Å²) >= 11 is 22.2. The summed E-state index contributed by atoms with van der Waals surface area (Å²) in [4.78, 5) is 52.5. The lowest BCUT2D eigenvalue weighted by Gasteiger charge is -2.28. The number of esters is 1. The number of carbonyl (C=O) groups excluding carboxylic acids is 4. The SMILES string of the molecule is Cc1cc(Br)c(Cl)cc1NC(=O)COC(=O)c1cccc(N2C(=O)[C@@H]3[C@H]4C[C@@H]([C@H](Cl)[C@H]4Cl)[C@H]3C2=O)c1. The zero-order valence-corrected chi connectivity index (χ0v) is 22.7. The van der Waals surface area contributed by atoms with Gasteiger partial charge >= 0.3 is 5.97 Å². The zero-order chi connectivity index (χ0) is 25.9. The number of benzene rings is 2. The Hall–Kier alpha value is -2.13. The zero-order valence-electron chi connectivity index (χ0n) is 18.8. The maximum Gasteiger partial charge on any atom is 0.338 e. The van der Waals surface area contributed by atoms with E-state index >= 15 is 0 Å². The Balaban J connectivity index is 1.26. The third-order valence-corrected chi connectivity index (χ3v) is 9.72. The minimum Gasteiger partial charge on any atom is -0.452 e. The average Bonchev–Trinajstić information content (AvgIpc) is 3.45. The van der Waals surface area contributed by atoms with E-state index in [1.54, 1.807) is 31.2 Å². The fraction of sp³-hybridized carbons (Fsp3) is 0.360. The molecule has 2 saturated carbocycles. The first-order chi connectivity index (χ1) is 17.1. The van der Waals surface area contributed by atoms with Gasteiger partial charge < -0.3 is 10.1 Å². The van der Waals surface area contributed by atoms with E-state index in [1.807, 2.05) is 0 Å². The second-order valence-electron chi connectivity index (χ2n) is 9.27. The molecule has 2 aromatic rings. The summed E-state index contributed by atoms with van der Waals surface area (Å²) in [5.41, 5.74) is 1.65. The Morgan fingerprint density at radius 2 is 1.72 bits per heavy atom. The molecule has 3 amide bonds. The van der Waals surface area contributed by atoms with Crippen LogP contribution in [-0.4, -0.2) is 41.1 Å². The van der Waals surface area contributed by atoms with Crippen molar-refractivity contribution in [2.24, 2.45) is 23.7 Å². The van der Waals surface area contributed by atoms with Crippen molar-refractivity contribution in [3.8, 4) is 0 Å². The molecule has 2 aromatic carbocycles. The number of hydrogen-bond donors (Lipinski definition) is 1. The number of nitrogens with one attached hydrogen (secondary N) is 1. The van der Waals surface area contributed by atoms with Crippen LogP contribution in [0.2, 0.25) is 5.02 Å². The van der Waals surface area contributed by atoms with E-state index in [0.717, 1.165) is 10.5 Å². The summed E-state index contributed by atoms with van der Waals surface area (Å²) in [5.74, 6) is -3.20. The number of rotatable bonds is 5. The highest BCUT2D eigenvalue weighted by Gasteiger charge is 2.66. The van der Waals surface area contributed by atoms with Crippen LogP contribution in [0.15, 0.2) is 40.9 Å².